The van der Waals surface area contributed by atoms with Gasteiger partial charge in [-0.2, -0.15) is 5.26 Å². The Balaban J connectivity index is 3.15. The van der Waals surface area contributed by atoms with E-state index in [0.29, 0.717) is 4.47 Å². The summed E-state index contributed by atoms with van der Waals surface area (Å²) in [6.07, 6.45) is -1.78. The van der Waals surface area contributed by atoms with Crippen molar-refractivity contribution >= 4 is 15.9 Å². The van der Waals surface area contributed by atoms with Crippen LogP contribution in [0.15, 0.2) is 22.7 Å². The predicted octanol–water partition coefficient (Wildman–Crippen LogP) is 3.12. The molecule has 12 heavy (non-hydrogen) atoms. The van der Waals surface area contributed by atoms with Gasteiger partial charge in [-0.3, -0.25) is 0 Å². The van der Waals surface area contributed by atoms with Crippen LogP contribution in [0.4, 0.5) is 8.78 Å². The average Bonchev–Trinajstić information content (AvgIpc) is 2.08. The molecule has 1 aromatic carbocycles. The lowest BCUT2D eigenvalue weighted by atomic mass is 10.1. The zero-order valence-corrected chi connectivity index (χ0v) is 7.48. The van der Waals surface area contributed by atoms with Crippen LogP contribution in [0.25, 0.3) is 0 Å². The lowest BCUT2D eigenvalue weighted by molar-refractivity contribution is 0.420. The van der Waals surface area contributed by atoms with Crippen LogP contribution in [0.5, 0.6) is 0 Å². The Morgan fingerprint density at radius 3 is 2.75 bits per heavy atom. The highest BCUT2D eigenvalue weighted by molar-refractivity contribution is 9.10. The third kappa shape index (κ3) is 1.80. The number of hydrogen-bond acceptors (Lipinski definition) is 1. The molecular weight excluding hydrogens is 228 g/mol. The SMILES string of the molecule is N#CC(F)c1cc(F)ccc1Br. The number of nitriles is 1. The van der Waals surface area contributed by atoms with Crippen molar-refractivity contribution in [2.75, 3.05) is 0 Å². The molecule has 1 rings (SSSR count). The fraction of sp³-hybridized carbons (Fsp3) is 0.125. The van der Waals surface area contributed by atoms with Gasteiger partial charge >= 0.3 is 0 Å². The van der Waals surface area contributed by atoms with Crippen molar-refractivity contribution in [3.8, 4) is 6.07 Å². The van der Waals surface area contributed by atoms with Crippen LogP contribution < -0.4 is 0 Å². The minimum atomic E-state index is -1.78. The Morgan fingerprint density at radius 2 is 2.17 bits per heavy atom. The van der Waals surface area contributed by atoms with E-state index in [4.69, 9.17) is 5.26 Å². The molecule has 0 heterocycles. The summed E-state index contributed by atoms with van der Waals surface area (Å²) in [4.78, 5) is 0. The first-order valence-electron chi connectivity index (χ1n) is 3.14. The van der Waals surface area contributed by atoms with Gasteiger partial charge in [0.1, 0.15) is 11.9 Å². The molecule has 1 unspecified atom stereocenters. The van der Waals surface area contributed by atoms with Crippen molar-refractivity contribution in [3.05, 3.63) is 34.1 Å². The first-order chi connectivity index (χ1) is 5.65. The van der Waals surface area contributed by atoms with Crippen LogP contribution in [0.1, 0.15) is 11.7 Å². The minimum Gasteiger partial charge on any atom is -0.226 e. The lowest BCUT2D eigenvalue weighted by Crippen LogP contribution is -1.90. The zero-order valence-electron chi connectivity index (χ0n) is 5.89. The molecule has 0 fully saturated rings. The summed E-state index contributed by atoms with van der Waals surface area (Å²) in [7, 11) is 0. The average molecular weight is 232 g/mol. The molecule has 0 aromatic heterocycles. The molecule has 0 saturated heterocycles. The van der Waals surface area contributed by atoms with E-state index in [0.717, 1.165) is 6.07 Å². The molecule has 0 saturated carbocycles. The standard InChI is InChI=1S/C8H4BrF2N/c9-7-2-1-5(10)3-6(7)8(11)4-12/h1-3,8H. The van der Waals surface area contributed by atoms with Crippen molar-refractivity contribution in [2.24, 2.45) is 0 Å². The Labute approximate surface area is 76.8 Å². The molecule has 1 nitrogen and oxygen atoms in total. The number of hydrogen-bond donors (Lipinski definition) is 0. The normalized spacial score (nSPS) is 12.2. The second kappa shape index (κ2) is 3.63. The fourth-order valence-electron chi connectivity index (χ4n) is 0.778. The summed E-state index contributed by atoms with van der Waals surface area (Å²) in [6, 6.07) is 4.95. The van der Waals surface area contributed by atoms with E-state index in [1.54, 1.807) is 0 Å². The minimum absolute atomic E-state index is 0.0255. The molecule has 1 aromatic rings. The lowest BCUT2D eigenvalue weighted by Gasteiger charge is -2.02. The van der Waals surface area contributed by atoms with Crippen molar-refractivity contribution < 1.29 is 8.78 Å². The van der Waals surface area contributed by atoms with Gasteiger partial charge in [-0.1, -0.05) is 15.9 Å². The number of alkyl halides is 1. The van der Waals surface area contributed by atoms with Crippen LogP contribution in [0, 0.1) is 17.1 Å². The van der Waals surface area contributed by atoms with E-state index in [1.165, 1.54) is 18.2 Å². The molecule has 0 aliphatic heterocycles. The first-order valence-corrected chi connectivity index (χ1v) is 3.93. The van der Waals surface area contributed by atoms with Crippen LogP contribution in [0.3, 0.4) is 0 Å². The summed E-state index contributed by atoms with van der Waals surface area (Å²) >= 11 is 3.01. The molecular formula is C8H4BrF2N. The Kier molecular flexibility index (Phi) is 2.77. The Morgan fingerprint density at radius 1 is 1.50 bits per heavy atom. The van der Waals surface area contributed by atoms with Gasteiger partial charge in [-0.25, -0.2) is 8.78 Å². The summed E-state index contributed by atoms with van der Waals surface area (Å²) in [6.45, 7) is 0. The van der Waals surface area contributed by atoms with Gasteiger partial charge < -0.3 is 0 Å². The second-order valence-electron chi connectivity index (χ2n) is 2.16. The molecule has 1 atom stereocenters. The van der Waals surface area contributed by atoms with Gasteiger partial charge in [-0.05, 0) is 18.2 Å². The summed E-state index contributed by atoms with van der Waals surface area (Å²) in [5.74, 6) is -0.550. The van der Waals surface area contributed by atoms with E-state index in [9.17, 15) is 8.78 Å². The zero-order chi connectivity index (χ0) is 9.14. The van der Waals surface area contributed by atoms with E-state index >= 15 is 0 Å². The fourth-order valence-corrected chi connectivity index (χ4v) is 1.23. The maximum absolute atomic E-state index is 12.7. The molecule has 0 aliphatic carbocycles. The third-order valence-corrected chi connectivity index (χ3v) is 2.07. The van der Waals surface area contributed by atoms with Gasteiger partial charge in [0, 0.05) is 10.0 Å². The molecule has 0 amide bonds. The Hall–Kier alpha value is -0.950. The molecule has 0 radical (unpaired) electrons. The highest BCUT2D eigenvalue weighted by Crippen LogP contribution is 2.26. The molecule has 0 aliphatic rings. The predicted molar refractivity (Wildman–Crippen MR) is 43.6 cm³/mol. The highest BCUT2D eigenvalue weighted by Gasteiger charge is 2.12. The van der Waals surface area contributed by atoms with Crippen LogP contribution in [-0.2, 0) is 0 Å². The smallest absolute Gasteiger partial charge is 0.212 e. The second-order valence-corrected chi connectivity index (χ2v) is 3.01. The summed E-state index contributed by atoms with van der Waals surface area (Å²) < 4.78 is 25.7. The summed E-state index contributed by atoms with van der Waals surface area (Å²) in [5, 5.41) is 8.24. The van der Waals surface area contributed by atoms with Gasteiger partial charge in [0.05, 0.1) is 0 Å². The van der Waals surface area contributed by atoms with Gasteiger partial charge in [0.2, 0.25) is 6.17 Å². The molecule has 0 spiro atoms. The molecule has 0 bridgehead atoms. The van der Waals surface area contributed by atoms with Gasteiger partial charge in [0.25, 0.3) is 0 Å². The summed E-state index contributed by atoms with van der Waals surface area (Å²) in [5.41, 5.74) is 0.0255. The number of nitrogens with zero attached hydrogens (tertiary/aromatic N) is 1. The molecule has 0 N–H and O–H groups in total. The van der Waals surface area contributed by atoms with Crippen LogP contribution >= 0.6 is 15.9 Å². The van der Waals surface area contributed by atoms with Gasteiger partial charge in [-0.15, -0.1) is 0 Å². The van der Waals surface area contributed by atoms with Crippen LogP contribution in [-0.4, -0.2) is 0 Å². The van der Waals surface area contributed by atoms with Crippen molar-refractivity contribution in [3.63, 3.8) is 0 Å². The van der Waals surface area contributed by atoms with Gasteiger partial charge in [0.15, 0.2) is 0 Å². The van der Waals surface area contributed by atoms with E-state index in [2.05, 4.69) is 15.9 Å². The van der Waals surface area contributed by atoms with Crippen molar-refractivity contribution in [2.45, 2.75) is 6.17 Å². The molecule has 62 valence electrons. The van der Waals surface area contributed by atoms with E-state index in [1.807, 2.05) is 0 Å². The monoisotopic (exact) mass is 231 g/mol. The highest BCUT2D eigenvalue weighted by atomic mass is 79.9. The Bertz CT molecular complexity index is 332. The number of benzene rings is 1. The third-order valence-electron chi connectivity index (χ3n) is 1.34. The largest absolute Gasteiger partial charge is 0.226 e. The maximum Gasteiger partial charge on any atom is 0.212 e. The number of halogens is 3. The van der Waals surface area contributed by atoms with Crippen LogP contribution in [0.2, 0.25) is 0 Å². The topological polar surface area (TPSA) is 23.8 Å². The van der Waals surface area contributed by atoms with Crippen molar-refractivity contribution in [1.29, 1.82) is 5.26 Å². The van der Waals surface area contributed by atoms with E-state index < -0.39 is 12.0 Å². The quantitative estimate of drug-likeness (QED) is 0.729. The first kappa shape index (κ1) is 9.14. The number of rotatable bonds is 1. The van der Waals surface area contributed by atoms with Crippen molar-refractivity contribution in [1.82, 2.24) is 0 Å². The maximum atomic E-state index is 12.7. The van der Waals surface area contributed by atoms with E-state index in [-0.39, 0.29) is 5.56 Å². The molecule has 4 heteroatoms.